The summed E-state index contributed by atoms with van der Waals surface area (Å²) >= 11 is 1.48. The Labute approximate surface area is 217 Å². The lowest BCUT2D eigenvalue weighted by molar-refractivity contribution is 1.36. The minimum absolute atomic E-state index is 0.975. The van der Waals surface area contributed by atoms with Crippen LogP contribution in [0.1, 0.15) is 0 Å². The zero-order valence-electron chi connectivity index (χ0n) is 19.7. The molecule has 0 radical (unpaired) electrons. The van der Waals surface area contributed by atoms with Crippen LogP contribution in [0.5, 0.6) is 0 Å². The van der Waals surface area contributed by atoms with Crippen LogP contribution in [0.15, 0.2) is 125 Å². The smallest absolute Gasteiger partial charge is 0.0846 e. The van der Waals surface area contributed by atoms with E-state index in [-0.39, 0.29) is 0 Å². The zero-order valence-corrected chi connectivity index (χ0v) is 20.5. The van der Waals surface area contributed by atoms with Crippen LogP contribution in [0.2, 0.25) is 0 Å². The third-order valence-corrected chi connectivity index (χ3v) is 7.81. The zero-order chi connectivity index (χ0) is 24.3. The van der Waals surface area contributed by atoms with Crippen LogP contribution in [-0.2, 0) is 0 Å². The van der Waals surface area contributed by atoms with Crippen LogP contribution in [0.3, 0.4) is 0 Å². The molecule has 4 heteroatoms. The molecule has 0 atom stereocenters. The Balaban J connectivity index is 1.52. The van der Waals surface area contributed by atoms with E-state index in [0.717, 1.165) is 50.0 Å². The molecule has 0 spiro atoms. The molecule has 0 saturated heterocycles. The number of fused-ring (bicyclic) bond motifs is 6. The summed E-state index contributed by atoms with van der Waals surface area (Å²) in [4.78, 5) is 10.2. The molecule has 1 aromatic heterocycles. The lowest BCUT2D eigenvalue weighted by atomic mass is 9.84. The summed E-state index contributed by atoms with van der Waals surface area (Å²) < 4.78 is 4.70. The van der Waals surface area contributed by atoms with Gasteiger partial charge in [-0.2, -0.15) is 4.37 Å². The summed E-state index contributed by atoms with van der Waals surface area (Å²) in [5.74, 6) is 0. The molecule has 0 fully saturated rings. The first-order valence-electron chi connectivity index (χ1n) is 12.3. The highest BCUT2D eigenvalue weighted by Crippen LogP contribution is 2.50. The highest BCUT2D eigenvalue weighted by Gasteiger charge is 2.27. The molecular weight excluding hydrogens is 470 g/mol. The molecule has 0 bridgehead atoms. The average molecular weight is 490 g/mol. The van der Waals surface area contributed by atoms with Crippen molar-refractivity contribution in [2.45, 2.75) is 0 Å². The Kier molecular flexibility index (Phi) is 4.39. The number of para-hydroxylation sites is 1. The summed E-state index contributed by atoms with van der Waals surface area (Å²) in [6.07, 6.45) is 0. The van der Waals surface area contributed by atoms with Gasteiger partial charge in [-0.15, -0.1) is 0 Å². The first-order chi connectivity index (χ1) is 18.4. The largest absolute Gasteiger partial charge is 0.248 e. The first kappa shape index (κ1) is 20.5. The van der Waals surface area contributed by atoms with Gasteiger partial charge in [0.25, 0.3) is 0 Å². The van der Waals surface area contributed by atoms with Crippen molar-refractivity contribution in [1.82, 2.24) is 4.37 Å². The Morgan fingerprint density at radius 3 is 2.16 bits per heavy atom. The summed E-state index contributed by atoms with van der Waals surface area (Å²) in [5, 5.41) is 6.37. The molecule has 3 heterocycles. The standard InChI is InChI=1S/C33H19N3S/c1-2-8-20(9-3-1)21-14-16-28-31(30(21)24-12-5-4-10-22(24)27-18-19-37-36-27)32-29(34-28)17-15-25-23-11-6-7-13-26(23)35-33(25)32/h1-19H. The average Bonchev–Trinajstić information content (AvgIpc) is 3.70. The van der Waals surface area contributed by atoms with Crippen LogP contribution in [0.4, 0.5) is 11.4 Å². The Hall–Kier alpha value is -4.67. The normalized spacial score (nSPS) is 12.2. The third kappa shape index (κ3) is 3.03. The van der Waals surface area contributed by atoms with Crippen molar-refractivity contribution in [3.05, 3.63) is 136 Å². The number of benzene rings is 5. The number of aromatic nitrogens is 1. The van der Waals surface area contributed by atoms with Gasteiger partial charge in [0, 0.05) is 38.1 Å². The van der Waals surface area contributed by atoms with Crippen LogP contribution >= 0.6 is 11.5 Å². The fourth-order valence-corrected chi connectivity index (χ4v) is 6.18. The molecule has 0 amide bonds. The van der Waals surface area contributed by atoms with E-state index in [9.17, 15) is 0 Å². The molecule has 172 valence electrons. The van der Waals surface area contributed by atoms with E-state index in [0.29, 0.717) is 0 Å². The van der Waals surface area contributed by atoms with Crippen molar-refractivity contribution < 1.29 is 0 Å². The summed E-state index contributed by atoms with van der Waals surface area (Å²) in [5.41, 5.74) is 11.0. The SMILES string of the molecule is c1ccc(-c2ccc3c(c2-c2ccccc2-c2ccsn2)-c2c4c(ccc2=N3)=c2ccccc2=N4)cc1. The molecule has 8 rings (SSSR count). The van der Waals surface area contributed by atoms with Gasteiger partial charge in [-0.3, -0.25) is 0 Å². The molecule has 0 saturated carbocycles. The molecular formula is C33H19N3S. The third-order valence-electron chi connectivity index (χ3n) is 7.25. The van der Waals surface area contributed by atoms with Gasteiger partial charge in [0.05, 0.1) is 27.8 Å². The lowest BCUT2D eigenvalue weighted by Gasteiger charge is -2.18. The van der Waals surface area contributed by atoms with Crippen molar-refractivity contribution in [3.63, 3.8) is 0 Å². The Morgan fingerprint density at radius 1 is 0.486 bits per heavy atom. The van der Waals surface area contributed by atoms with Crippen LogP contribution in [0.25, 0.3) is 44.6 Å². The molecule has 3 nitrogen and oxygen atoms in total. The Bertz CT molecular complexity index is 2080. The van der Waals surface area contributed by atoms with E-state index in [1.807, 2.05) is 5.38 Å². The maximum Gasteiger partial charge on any atom is 0.0846 e. The van der Waals surface area contributed by atoms with Crippen molar-refractivity contribution >= 4 is 22.9 Å². The van der Waals surface area contributed by atoms with Gasteiger partial charge in [0.2, 0.25) is 0 Å². The number of rotatable bonds is 3. The first-order valence-corrected chi connectivity index (χ1v) is 13.1. The van der Waals surface area contributed by atoms with Gasteiger partial charge in [0.15, 0.2) is 0 Å². The Morgan fingerprint density at radius 2 is 1.30 bits per heavy atom. The number of hydrogen-bond acceptors (Lipinski definition) is 4. The molecule has 0 N–H and O–H groups in total. The summed E-state index contributed by atoms with van der Waals surface area (Å²) in [7, 11) is 0. The van der Waals surface area contributed by atoms with Gasteiger partial charge in [-0.1, -0.05) is 78.9 Å². The number of nitrogens with zero attached hydrogens (tertiary/aromatic N) is 3. The van der Waals surface area contributed by atoms with E-state index in [2.05, 4.69) is 109 Å². The topological polar surface area (TPSA) is 37.6 Å². The van der Waals surface area contributed by atoms with E-state index >= 15 is 0 Å². The lowest BCUT2D eigenvalue weighted by Crippen LogP contribution is -2.01. The monoisotopic (exact) mass is 489 g/mol. The van der Waals surface area contributed by atoms with E-state index < -0.39 is 0 Å². The molecule has 2 aliphatic heterocycles. The molecule has 6 aromatic rings. The van der Waals surface area contributed by atoms with Gasteiger partial charge in [-0.25, -0.2) is 9.98 Å². The van der Waals surface area contributed by atoms with E-state index in [1.54, 1.807) is 0 Å². The van der Waals surface area contributed by atoms with Crippen LogP contribution in [-0.4, -0.2) is 4.37 Å². The van der Waals surface area contributed by atoms with Crippen molar-refractivity contribution in [2.75, 3.05) is 0 Å². The molecule has 37 heavy (non-hydrogen) atoms. The van der Waals surface area contributed by atoms with Gasteiger partial charge in [-0.05, 0) is 58.6 Å². The highest BCUT2D eigenvalue weighted by molar-refractivity contribution is 7.03. The maximum absolute atomic E-state index is 5.12. The van der Waals surface area contributed by atoms with Crippen molar-refractivity contribution in [3.8, 4) is 44.6 Å². The predicted octanol–water partition coefficient (Wildman–Crippen LogP) is 7.63. The molecule has 0 unspecified atom stereocenters. The van der Waals surface area contributed by atoms with Crippen LogP contribution < -0.4 is 10.7 Å². The summed E-state index contributed by atoms with van der Waals surface area (Å²) in [6.45, 7) is 0. The molecule has 0 aliphatic carbocycles. The van der Waals surface area contributed by atoms with Crippen LogP contribution in [0, 0.1) is 10.4 Å². The summed E-state index contributed by atoms with van der Waals surface area (Å²) in [6, 6.07) is 38.3. The van der Waals surface area contributed by atoms with E-state index in [4.69, 9.17) is 14.4 Å². The molecule has 2 aliphatic rings. The fourth-order valence-electron chi connectivity index (χ4n) is 5.65. The minimum atomic E-state index is 0.975. The van der Waals surface area contributed by atoms with E-state index in [1.165, 1.54) is 38.7 Å². The predicted molar refractivity (Wildman–Crippen MR) is 150 cm³/mol. The number of hydrogen-bond donors (Lipinski definition) is 0. The maximum atomic E-state index is 5.12. The fraction of sp³-hybridized carbons (Fsp3) is 0. The molecule has 5 aromatic carbocycles. The van der Waals surface area contributed by atoms with Gasteiger partial charge in [0.1, 0.15) is 0 Å². The second-order valence-corrected chi connectivity index (χ2v) is 9.94. The second-order valence-electron chi connectivity index (χ2n) is 9.28. The van der Waals surface area contributed by atoms with Gasteiger partial charge < -0.3 is 0 Å². The highest BCUT2D eigenvalue weighted by atomic mass is 32.1. The quantitative estimate of drug-likeness (QED) is 0.251. The van der Waals surface area contributed by atoms with Crippen molar-refractivity contribution in [1.29, 1.82) is 0 Å². The van der Waals surface area contributed by atoms with Gasteiger partial charge >= 0.3 is 0 Å². The second kappa shape index (κ2) is 7.92. The van der Waals surface area contributed by atoms with Crippen molar-refractivity contribution in [2.24, 2.45) is 9.98 Å². The minimum Gasteiger partial charge on any atom is -0.248 e.